The van der Waals surface area contributed by atoms with Gasteiger partial charge in [-0.1, -0.05) is 29.8 Å². The Morgan fingerprint density at radius 1 is 1.28 bits per heavy atom. The Kier molecular flexibility index (Phi) is 4.12. The summed E-state index contributed by atoms with van der Waals surface area (Å²) in [6.45, 7) is 2.55. The molecular weight excluding hydrogens is 228 g/mol. The number of carbonyl (C=O) groups is 1. The van der Waals surface area contributed by atoms with E-state index in [0.29, 0.717) is 19.3 Å². The van der Waals surface area contributed by atoms with Gasteiger partial charge in [0, 0.05) is 19.0 Å². The summed E-state index contributed by atoms with van der Waals surface area (Å²) in [5.74, 6) is 0. The predicted molar refractivity (Wildman–Crippen MR) is 68.1 cm³/mol. The summed E-state index contributed by atoms with van der Waals surface area (Å²) < 4.78 is 5.12. The second-order valence-corrected chi connectivity index (χ2v) is 4.31. The topological polar surface area (TPSA) is 55.0 Å². The van der Waals surface area contributed by atoms with Crippen LogP contribution in [0.25, 0.3) is 0 Å². The molecule has 94 valence electrons. The van der Waals surface area contributed by atoms with Crippen LogP contribution in [0.3, 0.4) is 0 Å². The Hall–Kier alpha value is -2.10. The zero-order valence-corrected chi connectivity index (χ0v) is 10.3. The van der Waals surface area contributed by atoms with Gasteiger partial charge < -0.3 is 4.74 Å². The third-order valence-corrected chi connectivity index (χ3v) is 2.83. The molecule has 1 unspecified atom stereocenters. The van der Waals surface area contributed by atoms with Gasteiger partial charge in [0.05, 0.1) is 5.69 Å². The fourth-order valence-electron chi connectivity index (χ4n) is 1.87. The van der Waals surface area contributed by atoms with Crippen LogP contribution in [0.1, 0.15) is 16.8 Å². The minimum absolute atomic E-state index is 0.173. The average Bonchev–Trinajstić information content (AvgIpc) is 2.85. The van der Waals surface area contributed by atoms with Gasteiger partial charge in [-0.05, 0) is 18.6 Å². The van der Waals surface area contributed by atoms with Crippen LogP contribution in [0.2, 0.25) is 0 Å². The second-order valence-electron chi connectivity index (χ2n) is 4.31. The first-order valence-corrected chi connectivity index (χ1v) is 5.91. The summed E-state index contributed by atoms with van der Waals surface area (Å²) in [7, 11) is 0. The summed E-state index contributed by atoms with van der Waals surface area (Å²) in [4.78, 5) is 10.5. The maximum absolute atomic E-state index is 10.5. The Balaban J connectivity index is 2.01. The number of benzene rings is 1. The van der Waals surface area contributed by atoms with Gasteiger partial charge in [0.1, 0.15) is 6.10 Å². The van der Waals surface area contributed by atoms with Gasteiger partial charge in [0.2, 0.25) is 0 Å². The number of hydrogen-bond acceptors (Lipinski definition) is 3. The highest BCUT2D eigenvalue weighted by Crippen LogP contribution is 2.11. The number of aromatic amines is 1. The average molecular weight is 244 g/mol. The fourth-order valence-corrected chi connectivity index (χ4v) is 1.87. The van der Waals surface area contributed by atoms with E-state index in [1.165, 1.54) is 5.56 Å². The van der Waals surface area contributed by atoms with Gasteiger partial charge in [-0.2, -0.15) is 5.10 Å². The number of carbonyl (C=O) groups excluding carboxylic acids is 1. The van der Waals surface area contributed by atoms with Crippen LogP contribution in [0.15, 0.2) is 36.5 Å². The highest BCUT2D eigenvalue weighted by Gasteiger charge is 2.12. The molecule has 0 radical (unpaired) electrons. The second kappa shape index (κ2) is 6.00. The van der Waals surface area contributed by atoms with E-state index in [9.17, 15) is 4.79 Å². The molecule has 0 aliphatic heterocycles. The van der Waals surface area contributed by atoms with E-state index < -0.39 is 0 Å². The number of rotatable bonds is 6. The lowest BCUT2D eigenvalue weighted by Gasteiger charge is -2.14. The quantitative estimate of drug-likeness (QED) is 0.791. The lowest BCUT2D eigenvalue weighted by Crippen LogP contribution is -2.18. The smallest absolute Gasteiger partial charge is 0.293 e. The first-order valence-electron chi connectivity index (χ1n) is 5.91. The van der Waals surface area contributed by atoms with E-state index in [1.54, 1.807) is 6.20 Å². The van der Waals surface area contributed by atoms with Crippen molar-refractivity contribution in [3.8, 4) is 0 Å². The lowest BCUT2D eigenvalue weighted by atomic mass is 10.0. The van der Waals surface area contributed by atoms with Crippen molar-refractivity contribution < 1.29 is 9.53 Å². The van der Waals surface area contributed by atoms with Crippen LogP contribution >= 0.6 is 0 Å². The molecule has 0 saturated heterocycles. The monoisotopic (exact) mass is 244 g/mol. The largest absolute Gasteiger partial charge is 0.464 e. The number of aryl methyl sites for hydroxylation is 1. The minimum atomic E-state index is -0.173. The maximum atomic E-state index is 10.5. The molecule has 0 bridgehead atoms. The highest BCUT2D eigenvalue weighted by atomic mass is 16.5. The Morgan fingerprint density at radius 3 is 2.67 bits per heavy atom. The van der Waals surface area contributed by atoms with Crippen molar-refractivity contribution >= 4 is 6.47 Å². The summed E-state index contributed by atoms with van der Waals surface area (Å²) in [6.07, 6.45) is 2.91. The highest BCUT2D eigenvalue weighted by molar-refractivity contribution is 5.38. The van der Waals surface area contributed by atoms with E-state index in [2.05, 4.69) is 34.5 Å². The van der Waals surface area contributed by atoms with Crippen molar-refractivity contribution in [2.75, 3.05) is 0 Å². The molecule has 1 heterocycles. The molecule has 0 aliphatic rings. The molecule has 18 heavy (non-hydrogen) atoms. The molecule has 0 fully saturated rings. The van der Waals surface area contributed by atoms with E-state index in [0.717, 1.165) is 11.3 Å². The molecule has 0 amide bonds. The standard InChI is InChI=1S/C14H16N2O2/c1-11-2-4-12(5-3-11)8-14(18-10-17)9-13-6-7-15-16-13/h2-7,10,14H,8-9H2,1H3,(H,15,16). The van der Waals surface area contributed by atoms with Crippen molar-refractivity contribution in [1.82, 2.24) is 10.2 Å². The number of nitrogens with zero attached hydrogens (tertiary/aromatic N) is 1. The molecule has 0 spiro atoms. The van der Waals surface area contributed by atoms with Crippen molar-refractivity contribution in [2.45, 2.75) is 25.9 Å². The van der Waals surface area contributed by atoms with Crippen LogP contribution in [0.5, 0.6) is 0 Å². The normalized spacial score (nSPS) is 12.1. The molecule has 2 aromatic rings. The number of H-pyrrole nitrogens is 1. The van der Waals surface area contributed by atoms with Crippen molar-refractivity contribution in [1.29, 1.82) is 0 Å². The summed E-state index contributed by atoms with van der Waals surface area (Å²) in [5, 5.41) is 6.83. The predicted octanol–water partition coefficient (Wildman–Crippen LogP) is 2.04. The third kappa shape index (κ3) is 3.45. The zero-order valence-electron chi connectivity index (χ0n) is 10.3. The number of hydrogen-bond donors (Lipinski definition) is 1. The van der Waals surface area contributed by atoms with Gasteiger partial charge in [-0.25, -0.2) is 0 Å². The molecule has 1 aromatic heterocycles. The molecule has 1 atom stereocenters. The summed E-state index contributed by atoms with van der Waals surface area (Å²) in [5.41, 5.74) is 3.27. The van der Waals surface area contributed by atoms with Crippen molar-refractivity contribution in [3.63, 3.8) is 0 Å². The number of nitrogens with one attached hydrogen (secondary N) is 1. The van der Waals surface area contributed by atoms with E-state index in [4.69, 9.17) is 4.74 Å². The Labute approximate surface area is 106 Å². The minimum Gasteiger partial charge on any atom is -0.464 e. The van der Waals surface area contributed by atoms with Crippen LogP contribution in [0.4, 0.5) is 0 Å². The summed E-state index contributed by atoms with van der Waals surface area (Å²) >= 11 is 0. The van der Waals surface area contributed by atoms with Gasteiger partial charge >= 0.3 is 0 Å². The molecular formula is C14H16N2O2. The molecule has 1 aromatic carbocycles. The van der Waals surface area contributed by atoms with E-state index >= 15 is 0 Å². The van der Waals surface area contributed by atoms with Crippen molar-refractivity contribution in [2.24, 2.45) is 0 Å². The number of ether oxygens (including phenoxy) is 1. The van der Waals surface area contributed by atoms with Gasteiger partial charge in [0.25, 0.3) is 6.47 Å². The van der Waals surface area contributed by atoms with Gasteiger partial charge in [0.15, 0.2) is 0 Å². The Bertz CT molecular complexity index is 477. The van der Waals surface area contributed by atoms with E-state index in [-0.39, 0.29) is 6.10 Å². The van der Waals surface area contributed by atoms with E-state index in [1.807, 2.05) is 13.0 Å². The first kappa shape index (κ1) is 12.4. The maximum Gasteiger partial charge on any atom is 0.293 e. The summed E-state index contributed by atoms with van der Waals surface area (Å²) in [6, 6.07) is 10.1. The molecule has 0 saturated carbocycles. The number of aromatic nitrogens is 2. The van der Waals surface area contributed by atoms with Crippen LogP contribution in [0, 0.1) is 6.92 Å². The molecule has 0 aliphatic carbocycles. The molecule has 2 rings (SSSR count). The Morgan fingerprint density at radius 2 is 2.06 bits per heavy atom. The van der Waals surface area contributed by atoms with Gasteiger partial charge in [-0.3, -0.25) is 9.89 Å². The van der Waals surface area contributed by atoms with Crippen LogP contribution in [-0.4, -0.2) is 22.8 Å². The SMILES string of the molecule is Cc1ccc(CC(Cc2cc[nH]n2)OC=O)cc1. The van der Waals surface area contributed by atoms with Crippen molar-refractivity contribution in [3.05, 3.63) is 53.3 Å². The lowest BCUT2D eigenvalue weighted by molar-refractivity contribution is -0.133. The third-order valence-electron chi connectivity index (χ3n) is 2.83. The fraction of sp³-hybridized carbons (Fsp3) is 0.286. The van der Waals surface area contributed by atoms with Crippen LogP contribution in [-0.2, 0) is 22.4 Å². The molecule has 1 N–H and O–H groups in total. The van der Waals surface area contributed by atoms with Gasteiger partial charge in [-0.15, -0.1) is 0 Å². The van der Waals surface area contributed by atoms with Crippen LogP contribution < -0.4 is 0 Å². The molecule has 4 nitrogen and oxygen atoms in total. The zero-order chi connectivity index (χ0) is 12.8. The molecule has 4 heteroatoms. The first-order chi connectivity index (χ1) is 8.78.